The number of likely N-dealkylation sites (N-methyl/N-ethyl adjacent to an activating group) is 1. The van der Waals surface area contributed by atoms with Crippen LogP contribution in [0, 0.1) is 3.57 Å². The average Bonchev–Trinajstić information content (AvgIpc) is 2.73. The minimum absolute atomic E-state index is 0.0891. The van der Waals surface area contributed by atoms with Gasteiger partial charge in [0.05, 0.1) is 16.8 Å². The Bertz CT molecular complexity index is 1190. The third-order valence-electron chi connectivity index (χ3n) is 4.94. The Kier molecular flexibility index (Phi) is 5.78. The number of halogens is 1. The highest BCUT2D eigenvalue weighted by Gasteiger charge is 2.16. The van der Waals surface area contributed by atoms with Gasteiger partial charge < -0.3 is 10.2 Å². The van der Waals surface area contributed by atoms with E-state index < -0.39 is 0 Å². The van der Waals surface area contributed by atoms with E-state index in [0.29, 0.717) is 12.1 Å². The van der Waals surface area contributed by atoms with Crippen molar-refractivity contribution in [2.45, 2.75) is 0 Å². The maximum absolute atomic E-state index is 12.9. The fourth-order valence-electron chi connectivity index (χ4n) is 3.48. The van der Waals surface area contributed by atoms with Crippen LogP contribution >= 0.6 is 22.6 Å². The van der Waals surface area contributed by atoms with Gasteiger partial charge in [0, 0.05) is 33.0 Å². The van der Waals surface area contributed by atoms with Crippen molar-refractivity contribution < 1.29 is 4.79 Å². The summed E-state index contributed by atoms with van der Waals surface area (Å²) < 4.78 is 1.18. The molecule has 3 aromatic carbocycles. The van der Waals surface area contributed by atoms with Gasteiger partial charge in [-0.3, -0.25) is 4.79 Å². The molecule has 1 aromatic heterocycles. The number of benzene rings is 3. The molecule has 0 aliphatic heterocycles. The van der Waals surface area contributed by atoms with Crippen LogP contribution in [0.15, 0.2) is 66.7 Å². The van der Waals surface area contributed by atoms with Crippen LogP contribution in [0.3, 0.4) is 0 Å². The second kappa shape index (κ2) is 8.47. The first-order chi connectivity index (χ1) is 14.0. The van der Waals surface area contributed by atoms with Gasteiger partial charge >= 0.3 is 0 Å². The third kappa shape index (κ3) is 4.11. The molecule has 0 atom stereocenters. The standard InChI is InChI=1S/C24H22IN3O/c1-28(2)15-14-26-24(29)21-9-5-8-20-18-6-3-4-7-19(18)22(27-23(20)21)16-10-12-17(25)13-11-16/h3-13H,14-15H2,1-2H3,(H,26,29). The molecule has 29 heavy (non-hydrogen) atoms. The van der Waals surface area contributed by atoms with Gasteiger partial charge in [0.1, 0.15) is 0 Å². The van der Waals surface area contributed by atoms with Crippen molar-refractivity contribution in [2.75, 3.05) is 27.2 Å². The first-order valence-corrected chi connectivity index (χ1v) is 10.6. The number of amides is 1. The first-order valence-electron chi connectivity index (χ1n) is 9.55. The number of hydrogen-bond donors (Lipinski definition) is 1. The van der Waals surface area contributed by atoms with Gasteiger partial charge in [0.15, 0.2) is 0 Å². The van der Waals surface area contributed by atoms with Gasteiger partial charge in [-0.1, -0.05) is 48.5 Å². The third-order valence-corrected chi connectivity index (χ3v) is 5.66. The number of hydrogen-bond acceptors (Lipinski definition) is 3. The Morgan fingerprint density at radius 2 is 1.62 bits per heavy atom. The summed E-state index contributed by atoms with van der Waals surface area (Å²) in [4.78, 5) is 19.9. The van der Waals surface area contributed by atoms with Crippen molar-refractivity contribution in [1.82, 2.24) is 15.2 Å². The fraction of sp³-hybridized carbons (Fsp3) is 0.167. The molecule has 0 unspecified atom stereocenters. The van der Waals surface area contributed by atoms with Crippen molar-refractivity contribution in [3.63, 3.8) is 0 Å². The highest BCUT2D eigenvalue weighted by Crippen LogP contribution is 2.33. The van der Waals surface area contributed by atoms with Crippen LogP contribution in [0.4, 0.5) is 0 Å². The van der Waals surface area contributed by atoms with E-state index in [2.05, 4.69) is 64.3 Å². The molecule has 1 heterocycles. The van der Waals surface area contributed by atoms with E-state index in [1.165, 1.54) is 3.57 Å². The highest BCUT2D eigenvalue weighted by molar-refractivity contribution is 14.1. The lowest BCUT2D eigenvalue weighted by Gasteiger charge is -2.14. The molecular formula is C24H22IN3O. The lowest BCUT2D eigenvalue weighted by atomic mass is 9.98. The topological polar surface area (TPSA) is 45.2 Å². The fourth-order valence-corrected chi connectivity index (χ4v) is 3.84. The van der Waals surface area contributed by atoms with Gasteiger partial charge in [-0.15, -0.1) is 0 Å². The van der Waals surface area contributed by atoms with Crippen LogP contribution in [0.1, 0.15) is 10.4 Å². The number of para-hydroxylation sites is 1. The zero-order chi connectivity index (χ0) is 20.4. The summed E-state index contributed by atoms with van der Waals surface area (Å²) in [6.07, 6.45) is 0. The molecule has 0 aliphatic rings. The Balaban J connectivity index is 1.89. The quantitative estimate of drug-likeness (QED) is 0.315. The van der Waals surface area contributed by atoms with E-state index in [0.717, 1.165) is 39.5 Å². The van der Waals surface area contributed by atoms with Crippen molar-refractivity contribution in [2.24, 2.45) is 0 Å². The average molecular weight is 495 g/mol. The molecule has 0 spiro atoms. The lowest BCUT2D eigenvalue weighted by molar-refractivity contribution is 0.0952. The predicted octanol–water partition coefficient (Wildman–Crippen LogP) is 4.95. The predicted molar refractivity (Wildman–Crippen MR) is 128 cm³/mol. The van der Waals surface area contributed by atoms with Crippen LogP contribution in [0.5, 0.6) is 0 Å². The summed E-state index contributed by atoms with van der Waals surface area (Å²) in [5, 5.41) is 6.21. The molecule has 1 amide bonds. The van der Waals surface area contributed by atoms with Crippen molar-refractivity contribution in [3.8, 4) is 11.3 Å². The molecule has 4 aromatic rings. The van der Waals surface area contributed by atoms with Gasteiger partial charge in [0.2, 0.25) is 0 Å². The number of rotatable bonds is 5. The molecule has 4 nitrogen and oxygen atoms in total. The lowest BCUT2D eigenvalue weighted by Crippen LogP contribution is -2.31. The van der Waals surface area contributed by atoms with E-state index >= 15 is 0 Å². The molecule has 4 rings (SSSR count). The van der Waals surface area contributed by atoms with Crippen LogP contribution in [-0.4, -0.2) is 43.0 Å². The Hall–Kier alpha value is -2.51. The summed E-state index contributed by atoms with van der Waals surface area (Å²) in [6, 6.07) is 22.4. The first kappa shape index (κ1) is 19.8. The Morgan fingerprint density at radius 1 is 0.931 bits per heavy atom. The van der Waals surface area contributed by atoms with E-state index in [9.17, 15) is 4.79 Å². The number of carbonyl (C=O) groups excluding carboxylic acids is 1. The molecule has 0 saturated carbocycles. The van der Waals surface area contributed by atoms with Crippen molar-refractivity contribution in [3.05, 3.63) is 75.9 Å². The summed E-state index contributed by atoms with van der Waals surface area (Å²) in [5.41, 5.74) is 3.30. The van der Waals surface area contributed by atoms with Crippen LogP contribution in [0.25, 0.3) is 32.9 Å². The number of pyridine rings is 1. The van der Waals surface area contributed by atoms with Gasteiger partial charge in [-0.2, -0.15) is 0 Å². The van der Waals surface area contributed by atoms with Crippen molar-refractivity contribution in [1.29, 1.82) is 0 Å². The molecule has 0 fully saturated rings. The van der Waals surface area contributed by atoms with E-state index in [1.54, 1.807) is 0 Å². The number of fused-ring (bicyclic) bond motifs is 3. The zero-order valence-electron chi connectivity index (χ0n) is 16.4. The van der Waals surface area contributed by atoms with E-state index in [4.69, 9.17) is 4.98 Å². The van der Waals surface area contributed by atoms with E-state index in [1.807, 2.05) is 49.3 Å². The summed E-state index contributed by atoms with van der Waals surface area (Å²) in [5.74, 6) is -0.0891. The summed E-state index contributed by atoms with van der Waals surface area (Å²) in [7, 11) is 3.98. The maximum atomic E-state index is 12.9. The van der Waals surface area contributed by atoms with Gasteiger partial charge in [0.25, 0.3) is 5.91 Å². The van der Waals surface area contributed by atoms with E-state index in [-0.39, 0.29) is 5.91 Å². The van der Waals surface area contributed by atoms with Crippen LogP contribution in [0.2, 0.25) is 0 Å². The zero-order valence-corrected chi connectivity index (χ0v) is 18.6. The maximum Gasteiger partial charge on any atom is 0.253 e. The van der Waals surface area contributed by atoms with Crippen LogP contribution < -0.4 is 5.32 Å². The van der Waals surface area contributed by atoms with Crippen LogP contribution in [-0.2, 0) is 0 Å². The van der Waals surface area contributed by atoms with Gasteiger partial charge in [-0.25, -0.2) is 4.98 Å². The van der Waals surface area contributed by atoms with Crippen molar-refractivity contribution >= 4 is 50.2 Å². The number of nitrogens with one attached hydrogen (secondary N) is 1. The number of nitrogens with zero attached hydrogens (tertiary/aromatic N) is 2. The number of carbonyl (C=O) groups is 1. The summed E-state index contributed by atoms with van der Waals surface area (Å²) in [6.45, 7) is 1.39. The van der Waals surface area contributed by atoms with Gasteiger partial charge in [-0.05, 0) is 60.3 Å². The molecule has 5 heteroatoms. The second-order valence-corrected chi connectivity index (χ2v) is 8.52. The smallest absolute Gasteiger partial charge is 0.253 e. The monoisotopic (exact) mass is 495 g/mol. The molecule has 0 radical (unpaired) electrons. The Labute approximate surface area is 184 Å². The number of aromatic nitrogens is 1. The SMILES string of the molecule is CN(C)CCNC(=O)c1cccc2c1nc(-c1ccc(I)cc1)c1ccccc12. The molecule has 146 valence electrons. The molecule has 0 saturated heterocycles. The molecular weight excluding hydrogens is 473 g/mol. The molecule has 1 N–H and O–H groups in total. The normalized spacial score (nSPS) is 11.3. The largest absolute Gasteiger partial charge is 0.351 e. The Morgan fingerprint density at radius 3 is 2.34 bits per heavy atom. The second-order valence-electron chi connectivity index (χ2n) is 7.27. The summed E-state index contributed by atoms with van der Waals surface area (Å²) >= 11 is 2.30. The minimum Gasteiger partial charge on any atom is -0.351 e. The molecule has 0 bridgehead atoms. The highest BCUT2D eigenvalue weighted by atomic mass is 127. The molecule has 0 aliphatic carbocycles. The minimum atomic E-state index is -0.0891.